The summed E-state index contributed by atoms with van der Waals surface area (Å²) >= 11 is 0. The first-order chi connectivity index (χ1) is 9.78. The number of anilines is 2. The second-order valence-electron chi connectivity index (χ2n) is 4.53. The molecule has 0 fully saturated rings. The lowest BCUT2D eigenvalue weighted by Gasteiger charge is -2.06. The predicted octanol–water partition coefficient (Wildman–Crippen LogP) is 2.98. The van der Waals surface area contributed by atoms with Crippen molar-refractivity contribution < 1.29 is 4.42 Å². The smallest absolute Gasteiger partial charge is 0.296 e. The number of fused-ring (bicyclic) bond motifs is 1. The van der Waals surface area contributed by atoms with Crippen molar-refractivity contribution in [3.63, 3.8) is 0 Å². The normalized spacial score (nSPS) is 10.8. The van der Waals surface area contributed by atoms with Gasteiger partial charge < -0.3 is 15.5 Å². The van der Waals surface area contributed by atoms with Crippen LogP contribution in [0.1, 0.15) is 18.2 Å². The minimum absolute atomic E-state index is 0.464. The standard InChI is InChI=1S/C15H16N4O/c1-2-10-5-4-8-17-12(10)9-18-15-19-14-11(16)6-3-7-13(14)20-15/h3-8H,2,9,16H2,1H3,(H,18,19). The minimum atomic E-state index is 0.464. The number of hydrogen-bond donors (Lipinski definition) is 2. The summed E-state index contributed by atoms with van der Waals surface area (Å²) < 4.78 is 5.61. The lowest BCUT2D eigenvalue weighted by atomic mass is 10.1. The van der Waals surface area contributed by atoms with Crippen LogP contribution < -0.4 is 11.1 Å². The van der Waals surface area contributed by atoms with Gasteiger partial charge in [-0.1, -0.05) is 19.1 Å². The molecule has 0 aliphatic carbocycles. The Hall–Kier alpha value is -2.56. The van der Waals surface area contributed by atoms with Crippen LogP contribution >= 0.6 is 0 Å². The van der Waals surface area contributed by atoms with Crippen LogP contribution in [0, 0.1) is 0 Å². The quantitative estimate of drug-likeness (QED) is 0.711. The van der Waals surface area contributed by atoms with E-state index in [9.17, 15) is 0 Å². The number of hydrogen-bond acceptors (Lipinski definition) is 5. The van der Waals surface area contributed by atoms with Crippen molar-refractivity contribution in [1.29, 1.82) is 0 Å². The first-order valence-electron chi connectivity index (χ1n) is 6.59. The van der Waals surface area contributed by atoms with Gasteiger partial charge in [0.05, 0.1) is 17.9 Å². The Morgan fingerprint density at radius 1 is 1.25 bits per heavy atom. The molecule has 2 aromatic heterocycles. The van der Waals surface area contributed by atoms with Crippen molar-refractivity contribution >= 4 is 22.8 Å². The van der Waals surface area contributed by atoms with Crippen molar-refractivity contribution in [2.24, 2.45) is 0 Å². The number of oxazole rings is 1. The monoisotopic (exact) mass is 268 g/mol. The highest BCUT2D eigenvalue weighted by Gasteiger charge is 2.08. The average Bonchev–Trinajstić information content (AvgIpc) is 2.90. The number of rotatable bonds is 4. The highest BCUT2D eigenvalue weighted by Crippen LogP contribution is 2.23. The Kier molecular flexibility index (Phi) is 3.25. The molecule has 1 aromatic carbocycles. The minimum Gasteiger partial charge on any atom is -0.423 e. The van der Waals surface area contributed by atoms with E-state index in [1.54, 1.807) is 6.20 Å². The van der Waals surface area contributed by atoms with Crippen molar-refractivity contribution in [3.05, 3.63) is 47.8 Å². The zero-order valence-corrected chi connectivity index (χ0v) is 11.3. The van der Waals surface area contributed by atoms with E-state index in [-0.39, 0.29) is 0 Å². The average molecular weight is 268 g/mol. The van der Waals surface area contributed by atoms with E-state index in [1.807, 2.05) is 24.3 Å². The van der Waals surface area contributed by atoms with Gasteiger partial charge in [0.1, 0.15) is 5.52 Å². The summed E-state index contributed by atoms with van der Waals surface area (Å²) in [4.78, 5) is 8.73. The molecule has 3 aromatic rings. The third kappa shape index (κ3) is 2.30. The number of nitrogens with one attached hydrogen (secondary N) is 1. The Morgan fingerprint density at radius 2 is 2.15 bits per heavy atom. The molecule has 3 rings (SSSR count). The number of nitrogen functional groups attached to an aromatic ring is 1. The zero-order valence-electron chi connectivity index (χ0n) is 11.3. The van der Waals surface area contributed by atoms with E-state index in [4.69, 9.17) is 10.2 Å². The molecule has 0 unspecified atom stereocenters. The summed E-state index contributed by atoms with van der Waals surface area (Å²) in [6.07, 6.45) is 2.74. The molecule has 0 bridgehead atoms. The summed E-state index contributed by atoms with van der Waals surface area (Å²) in [5.74, 6) is 0. The maximum atomic E-state index is 5.86. The Balaban J connectivity index is 1.82. The summed E-state index contributed by atoms with van der Waals surface area (Å²) in [5.41, 5.74) is 10.1. The number of aryl methyl sites for hydroxylation is 1. The van der Waals surface area contributed by atoms with Crippen LogP contribution in [0.2, 0.25) is 0 Å². The summed E-state index contributed by atoms with van der Waals surface area (Å²) in [5, 5.41) is 3.16. The molecule has 0 saturated carbocycles. The van der Waals surface area contributed by atoms with Crippen LogP contribution in [-0.4, -0.2) is 9.97 Å². The SMILES string of the molecule is CCc1cccnc1CNc1nc2c(N)cccc2o1. The molecule has 0 atom stereocenters. The topological polar surface area (TPSA) is 77.0 Å². The lowest BCUT2D eigenvalue weighted by molar-refractivity contribution is 0.613. The predicted molar refractivity (Wildman–Crippen MR) is 79.4 cm³/mol. The van der Waals surface area contributed by atoms with E-state index in [2.05, 4.69) is 28.3 Å². The largest absolute Gasteiger partial charge is 0.423 e. The highest BCUT2D eigenvalue weighted by atomic mass is 16.4. The molecule has 2 heterocycles. The lowest BCUT2D eigenvalue weighted by Crippen LogP contribution is -2.04. The van der Waals surface area contributed by atoms with Gasteiger partial charge in [-0.05, 0) is 30.2 Å². The fraction of sp³-hybridized carbons (Fsp3) is 0.200. The van der Waals surface area contributed by atoms with Crippen molar-refractivity contribution in [1.82, 2.24) is 9.97 Å². The first-order valence-corrected chi connectivity index (χ1v) is 6.59. The molecule has 3 N–H and O–H groups in total. The van der Waals surface area contributed by atoms with Gasteiger partial charge in [-0.2, -0.15) is 4.98 Å². The number of nitrogens with zero attached hydrogens (tertiary/aromatic N) is 2. The van der Waals surface area contributed by atoms with E-state index in [0.717, 1.165) is 12.1 Å². The van der Waals surface area contributed by atoms with Gasteiger partial charge in [0.2, 0.25) is 0 Å². The van der Waals surface area contributed by atoms with E-state index < -0.39 is 0 Å². The van der Waals surface area contributed by atoms with Crippen LogP contribution in [-0.2, 0) is 13.0 Å². The maximum Gasteiger partial charge on any atom is 0.296 e. The molecule has 0 spiro atoms. The van der Waals surface area contributed by atoms with Gasteiger partial charge in [-0.25, -0.2) is 0 Å². The summed E-state index contributed by atoms with van der Waals surface area (Å²) in [6, 6.07) is 9.99. The van der Waals surface area contributed by atoms with Gasteiger partial charge in [0.15, 0.2) is 5.58 Å². The van der Waals surface area contributed by atoms with Gasteiger partial charge >= 0.3 is 0 Å². The summed E-state index contributed by atoms with van der Waals surface area (Å²) in [7, 11) is 0. The maximum absolute atomic E-state index is 5.86. The van der Waals surface area contributed by atoms with Gasteiger partial charge in [0, 0.05) is 6.20 Å². The molecule has 0 amide bonds. The summed E-state index contributed by atoms with van der Waals surface area (Å²) in [6.45, 7) is 2.69. The zero-order chi connectivity index (χ0) is 13.9. The molecule has 0 saturated heterocycles. The van der Waals surface area contributed by atoms with Gasteiger partial charge in [-0.15, -0.1) is 0 Å². The molecule has 0 aliphatic rings. The Bertz CT molecular complexity index is 736. The van der Waals surface area contributed by atoms with E-state index >= 15 is 0 Å². The second-order valence-corrected chi connectivity index (χ2v) is 4.53. The third-order valence-electron chi connectivity index (χ3n) is 3.22. The Labute approximate surface area is 116 Å². The fourth-order valence-corrected chi connectivity index (χ4v) is 2.16. The molecule has 20 heavy (non-hydrogen) atoms. The molecule has 102 valence electrons. The number of pyridine rings is 1. The van der Waals surface area contributed by atoms with Crippen LogP contribution in [0.15, 0.2) is 40.9 Å². The molecule has 5 heteroatoms. The molecular formula is C15H16N4O. The van der Waals surface area contributed by atoms with Gasteiger partial charge in [-0.3, -0.25) is 4.98 Å². The third-order valence-corrected chi connectivity index (χ3v) is 3.22. The number of aromatic nitrogens is 2. The van der Waals surface area contributed by atoms with Crippen molar-refractivity contribution in [3.8, 4) is 0 Å². The van der Waals surface area contributed by atoms with E-state index in [0.29, 0.717) is 29.3 Å². The van der Waals surface area contributed by atoms with E-state index in [1.165, 1.54) is 5.56 Å². The van der Waals surface area contributed by atoms with Crippen LogP contribution in [0.25, 0.3) is 11.1 Å². The molecule has 0 aliphatic heterocycles. The first kappa shape index (κ1) is 12.5. The molecular weight excluding hydrogens is 252 g/mol. The van der Waals surface area contributed by atoms with Crippen molar-refractivity contribution in [2.45, 2.75) is 19.9 Å². The van der Waals surface area contributed by atoms with Crippen LogP contribution in [0.4, 0.5) is 11.7 Å². The number of nitrogens with two attached hydrogens (primary N) is 1. The second kappa shape index (κ2) is 5.21. The number of para-hydroxylation sites is 1. The highest BCUT2D eigenvalue weighted by molar-refractivity contribution is 5.86. The Morgan fingerprint density at radius 3 is 2.95 bits per heavy atom. The van der Waals surface area contributed by atoms with Gasteiger partial charge in [0.25, 0.3) is 6.01 Å². The fourth-order valence-electron chi connectivity index (χ4n) is 2.16. The van der Waals surface area contributed by atoms with Crippen LogP contribution in [0.3, 0.4) is 0 Å². The molecule has 5 nitrogen and oxygen atoms in total. The molecule has 0 radical (unpaired) electrons. The van der Waals surface area contributed by atoms with Crippen molar-refractivity contribution in [2.75, 3.05) is 11.1 Å². The number of benzene rings is 1. The van der Waals surface area contributed by atoms with Crippen LogP contribution in [0.5, 0.6) is 0 Å².